The van der Waals surface area contributed by atoms with Crippen LogP contribution in [0.25, 0.3) is 0 Å². The smallest absolute Gasteiger partial charge is 0.235 e. The van der Waals surface area contributed by atoms with E-state index in [1.807, 2.05) is 0 Å². The second kappa shape index (κ2) is 3.72. The first-order valence-electron chi connectivity index (χ1n) is 3.54. The summed E-state index contributed by atoms with van der Waals surface area (Å²) in [6.07, 6.45) is 0. The maximum absolute atomic E-state index is 11.5. The zero-order valence-corrected chi connectivity index (χ0v) is 9.55. The van der Waals surface area contributed by atoms with Crippen LogP contribution in [-0.2, 0) is 17.1 Å². The number of nitrogens with one attached hydrogen (secondary N) is 1. The molecule has 1 heterocycles. The SMILES string of the molecule is CCNS(=O)(=O)c1c(Br)nnn1C. The highest BCUT2D eigenvalue weighted by atomic mass is 79.9. The lowest BCUT2D eigenvalue weighted by atomic mass is 10.8. The largest absolute Gasteiger partial charge is 0.260 e. The third-order valence-electron chi connectivity index (χ3n) is 1.33. The highest BCUT2D eigenvalue weighted by Crippen LogP contribution is 2.16. The van der Waals surface area contributed by atoms with E-state index in [1.54, 1.807) is 6.92 Å². The van der Waals surface area contributed by atoms with Crippen molar-refractivity contribution in [3.63, 3.8) is 0 Å². The second-order valence-corrected chi connectivity index (χ2v) is 4.74. The number of aryl methyl sites for hydroxylation is 1. The summed E-state index contributed by atoms with van der Waals surface area (Å²) in [4.78, 5) is 0. The predicted octanol–water partition coefficient (Wildman–Crippen LogP) is -0.124. The minimum Gasteiger partial charge on any atom is -0.235 e. The normalized spacial score (nSPS) is 11.9. The van der Waals surface area contributed by atoms with E-state index >= 15 is 0 Å². The van der Waals surface area contributed by atoms with Crippen LogP contribution in [0.2, 0.25) is 0 Å². The molecule has 0 aliphatic carbocycles. The van der Waals surface area contributed by atoms with E-state index in [4.69, 9.17) is 0 Å². The summed E-state index contributed by atoms with van der Waals surface area (Å²) in [7, 11) is -1.97. The van der Waals surface area contributed by atoms with Gasteiger partial charge in [-0.1, -0.05) is 12.1 Å². The van der Waals surface area contributed by atoms with Crippen LogP contribution in [0.1, 0.15) is 6.92 Å². The summed E-state index contributed by atoms with van der Waals surface area (Å²) in [5.41, 5.74) is 0. The third-order valence-corrected chi connectivity index (χ3v) is 3.76. The van der Waals surface area contributed by atoms with Crippen LogP contribution in [0, 0.1) is 0 Å². The lowest BCUT2D eigenvalue weighted by molar-refractivity contribution is 0.562. The molecule has 0 spiro atoms. The van der Waals surface area contributed by atoms with Gasteiger partial charge in [-0.25, -0.2) is 17.8 Å². The Kier molecular flexibility index (Phi) is 3.04. The highest BCUT2D eigenvalue weighted by molar-refractivity contribution is 9.10. The molecule has 0 bridgehead atoms. The van der Waals surface area contributed by atoms with E-state index in [9.17, 15) is 8.42 Å². The van der Waals surface area contributed by atoms with Crippen molar-refractivity contribution in [2.45, 2.75) is 11.9 Å². The Morgan fingerprint density at radius 1 is 1.62 bits per heavy atom. The van der Waals surface area contributed by atoms with Crippen LogP contribution in [0.4, 0.5) is 0 Å². The maximum atomic E-state index is 11.5. The van der Waals surface area contributed by atoms with Crippen LogP contribution in [0.5, 0.6) is 0 Å². The summed E-state index contributed by atoms with van der Waals surface area (Å²) in [5.74, 6) is 0. The molecular formula is C5H9BrN4O2S. The van der Waals surface area contributed by atoms with Crippen LogP contribution >= 0.6 is 15.9 Å². The predicted molar refractivity (Wildman–Crippen MR) is 49.6 cm³/mol. The number of nitrogens with zero attached hydrogens (tertiary/aromatic N) is 3. The van der Waals surface area contributed by atoms with Gasteiger partial charge in [0.05, 0.1) is 0 Å². The zero-order chi connectivity index (χ0) is 10.1. The number of halogens is 1. The van der Waals surface area contributed by atoms with Gasteiger partial charge in [-0.05, 0) is 15.9 Å². The van der Waals surface area contributed by atoms with E-state index < -0.39 is 10.0 Å². The standard InChI is InChI=1S/C5H9BrN4O2S/c1-3-7-13(11,12)5-4(6)8-9-10(5)2/h7H,3H2,1-2H3. The molecule has 1 aromatic rings. The quantitative estimate of drug-likeness (QED) is 0.829. The van der Waals surface area contributed by atoms with Gasteiger partial charge in [0.2, 0.25) is 5.03 Å². The van der Waals surface area contributed by atoms with Crippen molar-refractivity contribution in [3.05, 3.63) is 4.60 Å². The number of hydrogen-bond donors (Lipinski definition) is 1. The molecule has 0 aromatic carbocycles. The second-order valence-electron chi connectivity index (χ2n) is 2.31. The van der Waals surface area contributed by atoms with Crippen LogP contribution < -0.4 is 4.72 Å². The van der Waals surface area contributed by atoms with Gasteiger partial charge in [-0.3, -0.25) is 0 Å². The molecule has 0 atom stereocenters. The van der Waals surface area contributed by atoms with Crippen LogP contribution in [0.15, 0.2) is 9.63 Å². The molecule has 13 heavy (non-hydrogen) atoms. The minimum absolute atomic E-state index is 0.0364. The fraction of sp³-hybridized carbons (Fsp3) is 0.600. The molecule has 1 aromatic heterocycles. The van der Waals surface area contributed by atoms with Crippen molar-refractivity contribution >= 4 is 26.0 Å². The summed E-state index contributed by atoms with van der Waals surface area (Å²) >= 11 is 3.01. The van der Waals surface area contributed by atoms with Crippen LogP contribution in [0.3, 0.4) is 0 Å². The number of aromatic nitrogens is 3. The third kappa shape index (κ3) is 2.06. The number of sulfonamides is 1. The fourth-order valence-electron chi connectivity index (χ4n) is 0.866. The first-order valence-corrected chi connectivity index (χ1v) is 5.81. The first-order chi connectivity index (χ1) is 5.99. The molecule has 1 N–H and O–H groups in total. The summed E-state index contributed by atoms with van der Waals surface area (Å²) in [5, 5.41) is 7.18. The monoisotopic (exact) mass is 268 g/mol. The molecule has 8 heteroatoms. The summed E-state index contributed by atoms with van der Waals surface area (Å²) < 4.78 is 26.7. The Morgan fingerprint density at radius 3 is 2.62 bits per heavy atom. The Hall–Kier alpha value is -0.470. The van der Waals surface area contributed by atoms with Gasteiger partial charge >= 0.3 is 0 Å². The summed E-state index contributed by atoms with van der Waals surface area (Å²) in [6, 6.07) is 0. The van der Waals surface area contributed by atoms with Crippen molar-refractivity contribution in [3.8, 4) is 0 Å². The molecule has 0 radical (unpaired) electrons. The van der Waals surface area contributed by atoms with Crippen molar-refractivity contribution < 1.29 is 8.42 Å². The van der Waals surface area contributed by atoms with Crippen LogP contribution in [-0.4, -0.2) is 30.0 Å². The Morgan fingerprint density at radius 2 is 2.23 bits per heavy atom. The van der Waals surface area contributed by atoms with Gasteiger partial charge in [-0.2, -0.15) is 0 Å². The highest BCUT2D eigenvalue weighted by Gasteiger charge is 2.22. The van der Waals surface area contributed by atoms with E-state index in [0.717, 1.165) is 0 Å². The molecule has 0 fully saturated rings. The Bertz CT molecular complexity index is 379. The molecule has 0 unspecified atom stereocenters. The van der Waals surface area contributed by atoms with E-state index in [1.165, 1.54) is 11.7 Å². The number of rotatable bonds is 3. The average Bonchev–Trinajstić information content (AvgIpc) is 2.31. The molecule has 1 rings (SSSR count). The van der Waals surface area contributed by atoms with E-state index in [2.05, 4.69) is 31.0 Å². The molecule has 0 amide bonds. The van der Waals surface area contributed by atoms with Crippen molar-refractivity contribution in [1.29, 1.82) is 0 Å². The fourth-order valence-corrected chi connectivity index (χ4v) is 3.00. The van der Waals surface area contributed by atoms with Gasteiger partial charge in [0, 0.05) is 13.6 Å². The maximum Gasteiger partial charge on any atom is 0.260 e. The van der Waals surface area contributed by atoms with Crippen molar-refractivity contribution in [2.75, 3.05) is 6.54 Å². The number of hydrogen-bond acceptors (Lipinski definition) is 4. The van der Waals surface area contributed by atoms with Crippen molar-refractivity contribution in [1.82, 2.24) is 19.7 Å². The average molecular weight is 269 g/mol. The first kappa shape index (κ1) is 10.6. The Balaban J connectivity index is 3.21. The molecule has 74 valence electrons. The zero-order valence-electron chi connectivity index (χ0n) is 7.15. The van der Waals surface area contributed by atoms with E-state index in [0.29, 0.717) is 6.54 Å². The van der Waals surface area contributed by atoms with Gasteiger partial charge < -0.3 is 0 Å². The lowest BCUT2D eigenvalue weighted by Gasteiger charge is -2.03. The van der Waals surface area contributed by atoms with Crippen molar-refractivity contribution in [2.24, 2.45) is 7.05 Å². The summed E-state index contributed by atoms with van der Waals surface area (Å²) in [6.45, 7) is 2.04. The van der Waals surface area contributed by atoms with Gasteiger partial charge in [0.1, 0.15) is 0 Å². The topological polar surface area (TPSA) is 76.9 Å². The van der Waals surface area contributed by atoms with E-state index in [-0.39, 0.29) is 9.63 Å². The lowest BCUT2D eigenvalue weighted by Crippen LogP contribution is -2.25. The minimum atomic E-state index is -3.49. The molecule has 0 saturated carbocycles. The van der Waals surface area contributed by atoms with Gasteiger partial charge in [0.25, 0.3) is 10.0 Å². The van der Waals surface area contributed by atoms with Gasteiger partial charge in [-0.15, -0.1) is 5.10 Å². The molecule has 0 aliphatic rings. The molecule has 6 nitrogen and oxygen atoms in total. The Labute approximate surface area is 84.5 Å². The molecule has 0 aliphatic heterocycles. The molecular weight excluding hydrogens is 260 g/mol. The molecule has 0 saturated heterocycles. The van der Waals surface area contributed by atoms with Gasteiger partial charge in [0.15, 0.2) is 4.60 Å².